The summed E-state index contributed by atoms with van der Waals surface area (Å²) in [5, 5.41) is 13.6. The van der Waals surface area contributed by atoms with E-state index >= 15 is 0 Å². The second-order valence-corrected chi connectivity index (χ2v) is 6.76. The highest BCUT2D eigenvalue weighted by molar-refractivity contribution is 5.74. The summed E-state index contributed by atoms with van der Waals surface area (Å²) in [5.74, 6) is 0.276. The number of nitrogens with two attached hydrogens (primary N) is 1. The molecule has 3 nitrogen and oxygen atoms in total. The number of hydrogen-bond acceptors (Lipinski definition) is 3. The van der Waals surface area contributed by atoms with Crippen LogP contribution in [0.15, 0.2) is 61.7 Å². The summed E-state index contributed by atoms with van der Waals surface area (Å²) < 4.78 is 0. The third kappa shape index (κ3) is 5.69. The van der Waals surface area contributed by atoms with Crippen LogP contribution in [-0.2, 0) is 0 Å². The number of hydrogen-bond donors (Lipinski definition) is 3. The molecule has 0 aliphatic heterocycles. The Hall–Kier alpha value is -2.68. The van der Waals surface area contributed by atoms with E-state index in [-0.39, 0.29) is 5.75 Å². The van der Waals surface area contributed by atoms with E-state index in [9.17, 15) is 5.11 Å². The van der Waals surface area contributed by atoms with Crippen molar-refractivity contribution in [3.8, 4) is 16.9 Å². The van der Waals surface area contributed by atoms with Gasteiger partial charge in [0.2, 0.25) is 0 Å². The topological polar surface area (TPSA) is 58.3 Å². The van der Waals surface area contributed by atoms with Crippen molar-refractivity contribution in [2.75, 3.05) is 5.32 Å². The molecule has 0 bridgehead atoms. The summed E-state index contributed by atoms with van der Waals surface area (Å²) in [6, 6.07) is 14.1. The molecular weight excluding hydrogens is 320 g/mol. The quantitative estimate of drug-likeness (QED) is 0.599. The molecule has 0 unspecified atom stereocenters. The number of aromatic hydroxyl groups is 1. The van der Waals surface area contributed by atoms with E-state index in [0.717, 1.165) is 22.4 Å². The molecule has 1 aliphatic carbocycles. The van der Waals surface area contributed by atoms with Crippen LogP contribution in [0.1, 0.15) is 44.6 Å². The van der Waals surface area contributed by atoms with E-state index in [4.69, 9.17) is 5.73 Å². The van der Waals surface area contributed by atoms with Gasteiger partial charge in [-0.05, 0) is 54.7 Å². The number of anilines is 1. The first kappa shape index (κ1) is 19.6. The highest BCUT2D eigenvalue weighted by atomic mass is 16.3. The van der Waals surface area contributed by atoms with Crippen molar-refractivity contribution < 1.29 is 5.11 Å². The lowest BCUT2D eigenvalue weighted by molar-refractivity contribution is 0.461. The normalized spacial score (nSPS) is 14.0. The molecule has 4 N–H and O–H groups in total. The van der Waals surface area contributed by atoms with Crippen molar-refractivity contribution in [1.82, 2.24) is 0 Å². The first-order valence-corrected chi connectivity index (χ1v) is 9.26. The minimum absolute atomic E-state index is 0.276. The van der Waals surface area contributed by atoms with Gasteiger partial charge < -0.3 is 16.2 Å². The smallest absolute Gasteiger partial charge is 0.118 e. The first-order valence-electron chi connectivity index (χ1n) is 9.26. The maximum Gasteiger partial charge on any atom is 0.118 e. The Labute approximate surface area is 157 Å². The summed E-state index contributed by atoms with van der Waals surface area (Å²) in [6.07, 6.45) is 8.05. The van der Waals surface area contributed by atoms with Crippen molar-refractivity contribution in [2.45, 2.75) is 45.1 Å². The Morgan fingerprint density at radius 2 is 1.81 bits per heavy atom. The molecule has 0 heterocycles. The van der Waals surface area contributed by atoms with Crippen molar-refractivity contribution in [2.24, 2.45) is 5.73 Å². The molecule has 0 aromatic heterocycles. The highest BCUT2D eigenvalue weighted by Gasteiger charge is 2.14. The monoisotopic (exact) mass is 350 g/mol. The van der Waals surface area contributed by atoms with Crippen LogP contribution in [0.5, 0.6) is 5.75 Å². The van der Waals surface area contributed by atoms with Gasteiger partial charge in [0.05, 0.1) is 0 Å². The van der Waals surface area contributed by atoms with Crippen LogP contribution in [0, 0.1) is 0 Å². The van der Waals surface area contributed by atoms with Crippen LogP contribution in [0.3, 0.4) is 0 Å². The molecular formula is C23H30N2O. The van der Waals surface area contributed by atoms with Gasteiger partial charge >= 0.3 is 0 Å². The Morgan fingerprint density at radius 3 is 2.46 bits per heavy atom. The van der Waals surface area contributed by atoms with Gasteiger partial charge in [-0.1, -0.05) is 50.1 Å². The van der Waals surface area contributed by atoms with Gasteiger partial charge in [-0.3, -0.25) is 0 Å². The van der Waals surface area contributed by atoms with E-state index in [1.807, 2.05) is 31.2 Å². The zero-order valence-corrected chi connectivity index (χ0v) is 15.7. The van der Waals surface area contributed by atoms with Gasteiger partial charge in [0.1, 0.15) is 5.75 Å². The van der Waals surface area contributed by atoms with Crippen LogP contribution >= 0.6 is 0 Å². The van der Waals surface area contributed by atoms with Gasteiger partial charge in [0.25, 0.3) is 0 Å². The number of benzene rings is 2. The minimum atomic E-state index is 0.276. The lowest BCUT2D eigenvalue weighted by Gasteiger charge is -2.24. The molecule has 1 fully saturated rings. The summed E-state index contributed by atoms with van der Waals surface area (Å²) in [5.41, 5.74) is 10.2. The van der Waals surface area contributed by atoms with Gasteiger partial charge in [-0.2, -0.15) is 0 Å². The Balaban J connectivity index is 0.000000758. The molecule has 3 rings (SSSR count). The minimum Gasteiger partial charge on any atom is -0.508 e. The average molecular weight is 351 g/mol. The molecule has 1 aliphatic rings. The number of nitrogens with one attached hydrogen (secondary N) is 1. The van der Waals surface area contributed by atoms with Crippen molar-refractivity contribution in [3.63, 3.8) is 0 Å². The Morgan fingerprint density at radius 1 is 1.12 bits per heavy atom. The third-order valence-electron chi connectivity index (χ3n) is 4.46. The molecule has 138 valence electrons. The SMILES string of the molecule is C=C(N)c1cccc(-c2cc(O)cc(NC3CCCCC3)c2)c1.C=CC. The number of allylic oxidation sites excluding steroid dienone is 1. The first-order chi connectivity index (χ1) is 12.5. The van der Waals surface area contributed by atoms with Crippen LogP contribution in [-0.4, -0.2) is 11.1 Å². The Kier molecular flexibility index (Phi) is 7.34. The molecule has 1 saturated carbocycles. The van der Waals surface area contributed by atoms with Crippen molar-refractivity contribution >= 4 is 11.4 Å². The predicted octanol–water partition coefficient (Wildman–Crippen LogP) is 5.93. The second kappa shape index (κ2) is 9.71. The molecule has 2 aromatic carbocycles. The summed E-state index contributed by atoms with van der Waals surface area (Å²) in [6.45, 7) is 9.04. The fraction of sp³-hybridized carbons (Fsp3) is 0.304. The van der Waals surface area contributed by atoms with Gasteiger partial charge in [-0.25, -0.2) is 0 Å². The van der Waals surface area contributed by atoms with Crippen LogP contribution in [0.2, 0.25) is 0 Å². The lowest BCUT2D eigenvalue weighted by atomic mass is 9.95. The largest absolute Gasteiger partial charge is 0.508 e. The standard InChI is InChI=1S/C20H24N2O.C3H6/c1-14(21)15-6-5-7-16(10-15)17-11-19(13-20(23)12-17)22-18-8-3-2-4-9-18;1-3-2/h5-7,10-13,18,22-23H,1-4,8-9,21H2;3H,1H2,2H3. The van der Waals surface area contributed by atoms with Gasteiger partial charge in [0, 0.05) is 23.5 Å². The van der Waals surface area contributed by atoms with Crippen LogP contribution < -0.4 is 11.1 Å². The molecule has 0 radical (unpaired) electrons. The Bertz CT molecular complexity index is 746. The summed E-state index contributed by atoms with van der Waals surface area (Å²) in [4.78, 5) is 0. The lowest BCUT2D eigenvalue weighted by Crippen LogP contribution is -2.22. The van der Waals surface area contributed by atoms with Crippen LogP contribution in [0.25, 0.3) is 16.8 Å². The molecule has 2 aromatic rings. The number of phenolic OH excluding ortho intramolecular Hbond substituents is 1. The third-order valence-corrected chi connectivity index (χ3v) is 4.46. The van der Waals surface area contributed by atoms with Crippen molar-refractivity contribution in [3.05, 3.63) is 67.3 Å². The molecule has 3 heteroatoms. The van der Waals surface area contributed by atoms with Crippen molar-refractivity contribution in [1.29, 1.82) is 0 Å². The fourth-order valence-electron chi connectivity index (χ4n) is 3.24. The average Bonchev–Trinajstić information content (AvgIpc) is 2.63. The predicted molar refractivity (Wildman–Crippen MR) is 113 cm³/mol. The van der Waals surface area contributed by atoms with E-state index in [1.54, 1.807) is 18.2 Å². The maximum absolute atomic E-state index is 10.1. The highest BCUT2D eigenvalue weighted by Crippen LogP contribution is 2.31. The zero-order valence-electron chi connectivity index (χ0n) is 15.7. The number of phenols is 1. The van der Waals surface area contributed by atoms with Gasteiger partial charge in [-0.15, -0.1) is 6.58 Å². The molecule has 26 heavy (non-hydrogen) atoms. The molecule has 0 amide bonds. The van der Waals surface area contributed by atoms with Crippen LogP contribution in [0.4, 0.5) is 5.69 Å². The van der Waals surface area contributed by atoms with Gasteiger partial charge in [0.15, 0.2) is 0 Å². The summed E-state index contributed by atoms with van der Waals surface area (Å²) in [7, 11) is 0. The van der Waals surface area contributed by atoms with E-state index < -0.39 is 0 Å². The maximum atomic E-state index is 10.1. The molecule has 0 spiro atoms. The molecule has 0 atom stereocenters. The second-order valence-electron chi connectivity index (χ2n) is 6.76. The number of rotatable bonds is 4. The van der Waals surface area contributed by atoms with E-state index in [1.165, 1.54) is 32.1 Å². The summed E-state index contributed by atoms with van der Waals surface area (Å²) >= 11 is 0. The zero-order chi connectivity index (χ0) is 18.9. The van der Waals surface area contributed by atoms with E-state index in [0.29, 0.717) is 11.7 Å². The van der Waals surface area contributed by atoms with E-state index in [2.05, 4.69) is 24.5 Å². The molecule has 0 saturated heterocycles. The fourth-order valence-corrected chi connectivity index (χ4v) is 3.24.